The van der Waals surface area contributed by atoms with Crippen molar-refractivity contribution in [2.24, 2.45) is 0 Å². The number of hydrogen-bond acceptors (Lipinski definition) is 3. The second-order valence-corrected chi connectivity index (χ2v) is 7.54. The van der Waals surface area contributed by atoms with Crippen molar-refractivity contribution < 1.29 is 14.6 Å². The summed E-state index contributed by atoms with van der Waals surface area (Å²) in [5, 5.41) is 10.4. The highest BCUT2D eigenvalue weighted by Crippen LogP contribution is 2.33. The monoisotopic (exact) mass is 450 g/mol. The molecule has 0 bridgehead atoms. The van der Waals surface area contributed by atoms with Crippen molar-refractivity contribution in [1.29, 1.82) is 0 Å². The molecular weight excluding hydrogens is 436 g/mol. The Bertz CT molecular complexity index is 751. The van der Waals surface area contributed by atoms with E-state index in [1.165, 1.54) is 6.08 Å². The van der Waals surface area contributed by atoms with E-state index in [4.69, 9.17) is 4.74 Å². The summed E-state index contributed by atoms with van der Waals surface area (Å²) in [6.45, 7) is 0. The molecule has 0 saturated heterocycles. The number of halogens is 2. The lowest BCUT2D eigenvalue weighted by Crippen LogP contribution is -2.17. The first-order chi connectivity index (χ1) is 11.5. The van der Waals surface area contributed by atoms with Gasteiger partial charge in [-0.25, -0.2) is 0 Å². The molecule has 2 atom stereocenters. The smallest absolute Gasteiger partial charge is 0.163 e. The van der Waals surface area contributed by atoms with Crippen LogP contribution >= 0.6 is 31.9 Å². The zero-order chi connectivity index (χ0) is 17.1. The van der Waals surface area contributed by atoms with Gasteiger partial charge < -0.3 is 9.84 Å². The molecule has 0 fully saturated rings. The zero-order valence-electron chi connectivity index (χ0n) is 12.8. The first kappa shape index (κ1) is 17.4. The molecule has 0 spiro atoms. The average Bonchev–Trinajstić information content (AvgIpc) is 2.55. The minimum Gasteiger partial charge on any atom is -0.489 e. The first-order valence-corrected chi connectivity index (χ1v) is 9.19. The molecule has 1 heterocycles. The zero-order valence-corrected chi connectivity index (χ0v) is 16.0. The van der Waals surface area contributed by atoms with Gasteiger partial charge >= 0.3 is 0 Å². The maximum Gasteiger partial charge on any atom is 0.163 e. The molecule has 0 saturated carbocycles. The lowest BCUT2D eigenvalue weighted by molar-refractivity contribution is -0.118. The Labute approximate surface area is 157 Å². The summed E-state index contributed by atoms with van der Waals surface area (Å²) in [7, 11) is 0. The van der Waals surface area contributed by atoms with E-state index in [2.05, 4.69) is 31.9 Å². The van der Waals surface area contributed by atoms with Crippen LogP contribution in [0.4, 0.5) is 0 Å². The lowest BCUT2D eigenvalue weighted by Gasteiger charge is -2.25. The lowest BCUT2D eigenvalue weighted by atomic mass is 9.99. The highest BCUT2D eigenvalue weighted by atomic mass is 79.9. The summed E-state index contributed by atoms with van der Waals surface area (Å²) in [5.41, 5.74) is 1.75. The van der Waals surface area contributed by atoms with Crippen LogP contribution < -0.4 is 0 Å². The number of benzene rings is 2. The van der Waals surface area contributed by atoms with Gasteiger partial charge in [-0.15, -0.1) is 0 Å². The molecule has 1 aliphatic heterocycles. The number of rotatable bonds is 4. The number of aliphatic hydroxyl groups excluding tert-OH is 1. The van der Waals surface area contributed by atoms with E-state index in [0.29, 0.717) is 12.2 Å². The largest absolute Gasteiger partial charge is 0.489 e. The number of hydrogen-bond donors (Lipinski definition) is 1. The summed E-state index contributed by atoms with van der Waals surface area (Å²) in [6, 6.07) is 15.2. The van der Waals surface area contributed by atoms with Crippen molar-refractivity contribution in [1.82, 2.24) is 0 Å². The third-order valence-corrected chi connectivity index (χ3v) is 4.95. The molecule has 24 heavy (non-hydrogen) atoms. The van der Waals surface area contributed by atoms with E-state index in [0.717, 1.165) is 20.1 Å². The van der Waals surface area contributed by atoms with Crippen LogP contribution in [-0.4, -0.2) is 10.9 Å². The number of carbonyl (C=O) groups excluding carboxylic acids is 1. The average molecular weight is 452 g/mol. The fraction of sp³-hybridized carbons (Fsp3) is 0.211. The Morgan fingerprint density at radius 2 is 1.62 bits per heavy atom. The molecule has 0 amide bonds. The molecule has 5 heteroatoms. The fourth-order valence-corrected chi connectivity index (χ4v) is 3.17. The Hall–Kier alpha value is -1.43. The van der Waals surface area contributed by atoms with Crippen molar-refractivity contribution in [2.75, 3.05) is 0 Å². The summed E-state index contributed by atoms with van der Waals surface area (Å²) in [6.07, 6.45) is 1.08. The van der Waals surface area contributed by atoms with E-state index >= 15 is 0 Å². The van der Waals surface area contributed by atoms with Crippen LogP contribution in [0.1, 0.15) is 36.2 Å². The third kappa shape index (κ3) is 4.35. The van der Waals surface area contributed by atoms with E-state index in [1.807, 2.05) is 48.5 Å². The van der Waals surface area contributed by atoms with Crippen molar-refractivity contribution in [2.45, 2.75) is 25.0 Å². The van der Waals surface area contributed by atoms with Crippen molar-refractivity contribution in [3.05, 3.63) is 80.4 Å². The molecule has 124 valence electrons. The number of ether oxygens (including phenoxy) is 1. The minimum absolute atomic E-state index is 0.0205. The van der Waals surface area contributed by atoms with Crippen molar-refractivity contribution >= 4 is 37.6 Å². The molecular formula is C19H16Br2O3. The van der Waals surface area contributed by atoms with Gasteiger partial charge in [0.05, 0.1) is 12.5 Å². The molecule has 3 rings (SSSR count). The summed E-state index contributed by atoms with van der Waals surface area (Å²) in [5.74, 6) is 0.543. The third-order valence-electron chi connectivity index (χ3n) is 3.89. The van der Waals surface area contributed by atoms with Crippen molar-refractivity contribution in [3.63, 3.8) is 0 Å². The minimum atomic E-state index is -0.708. The molecule has 1 aliphatic rings. The van der Waals surface area contributed by atoms with Gasteiger partial charge in [0, 0.05) is 21.4 Å². The van der Waals surface area contributed by atoms with Gasteiger partial charge in [-0.2, -0.15) is 0 Å². The number of carbonyl (C=O) groups is 1. The SMILES string of the molecule is O=C1C=C(C[C@@H](O)c2ccc(Br)cc2)O[C@@H](c2ccc(Br)cc2)C1. The predicted octanol–water partition coefficient (Wildman–Crippen LogP) is 5.25. The summed E-state index contributed by atoms with van der Waals surface area (Å²) in [4.78, 5) is 12.0. The number of allylic oxidation sites excluding steroid dienone is 1. The molecule has 0 radical (unpaired) electrons. The fourth-order valence-electron chi connectivity index (χ4n) is 2.64. The highest BCUT2D eigenvalue weighted by molar-refractivity contribution is 9.10. The Morgan fingerprint density at radius 3 is 2.25 bits per heavy atom. The van der Waals surface area contributed by atoms with E-state index < -0.39 is 6.10 Å². The number of ketones is 1. The molecule has 0 aliphatic carbocycles. The molecule has 1 N–H and O–H groups in total. The van der Waals surface area contributed by atoms with Gasteiger partial charge in [0.1, 0.15) is 11.9 Å². The van der Waals surface area contributed by atoms with Crippen LogP contribution in [0.2, 0.25) is 0 Å². The van der Waals surface area contributed by atoms with Crippen LogP contribution in [-0.2, 0) is 9.53 Å². The summed E-state index contributed by atoms with van der Waals surface area (Å²) >= 11 is 6.78. The van der Waals surface area contributed by atoms with Crippen LogP contribution in [0.15, 0.2) is 69.3 Å². The second kappa shape index (κ2) is 7.64. The maximum absolute atomic E-state index is 12.0. The first-order valence-electron chi connectivity index (χ1n) is 7.60. The standard InChI is InChI=1S/C19H16Br2O3/c20-14-5-1-12(2-6-14)18(23)11-17-9-16(22)10-19(24-17)13-3-7-15(21)8-4-13/h1-9,18-19,23H,10-11H2/t18-,19-/m1/s1. The van der Waals surface area contributed by atoms with Crippen LogP contribution in [0, 0.1) is 0 Å². The highest BCUT2D eigenvalue weighted by Gasteiger charge is 2.25. The quantitative estimate of drug-likeness (QED) is 0.690. The Morgan fingerprint density at radius 1 is 1.04 bits per heavy atom. The summed E-state index contributed by atoms with van der Waals surface area (Å²) < 4.78 is 7.89. The maximum atomic E-state index is 12.0. The van der Waals surface area contributed by atoms with Gasteiger partial charge in [-0.1, -0.05) is 56.1 Å². The molecule has 2 aromatic rings. The Balaban J connectivity index is 1.72. The van der Waals surface area contributed by atoms with Gasteiger partial charge in [-0.05, 0) is 35.4 Å². The van der Waals surface area contributed by atoms with Gasteiger partial charge in [-0.3, -0.25) is 4.79 Å². The van der Waals surface area contributed by atoms with E-state index in [1.54, 1.807) is 0 Å². The second-order valence-electron chi connectivity index (χ2n) is 5.71. The normalized spacial score (nSPS) is 18.7. The topological polar surface area (TPSA) is 46.5 Å². The van der Waals surface area contributed by atoms with Crippen LogP contribution in [0.25, 0.3) is 0 Å². The van der Waals surface area contributed by atoms with E-state index in [-0.39, 0.29) is 18.3 Å². The van der Waals surface area contributed by atoms with Crippen molar-refractivity contribution in [3.8, 4) is 0 Å². The number of aliphatic hydroxyl groups is 1. The molecule has 3 nitrogen and oxygen atoms in total. The van der Waals surface area contributed by atoms with Gasteiger partial charge in [0.2, 0.25) is 0 Å². The van der Waals surface area contributed by atoms with Gasteiger partial charge in [0.25, 0.3) is 0 Å². The van der Waals surface area contributed by atoms with E-state index in [9.17, 15) is 9.90 Å². The Kier molecular flexibility index (Phi) is 5.54. The van der Waals surface area contributed by atoms with Gasteiger partial charge in [0.15, 0.2) is 5.78 Å². The molecule has 0 aromatic heterocycles. The molecule has 2 aromatic carbocycles. The predicted molar refractivity (Wildman–Crippen MR) is 99.4 cm³/mol. The molecule has 0 unspecified atom stereocenters. The van der Waals surface area contributed by atoms with Crippen LogP contribution in [0.3, 0.4) is 0 Å². The van der Waals surface area contributed by atoms with Crippen LogP contribution in [0.5, 0.6) is 0 Å².